The lowest BCUT2D eigenvalue weighted by Gasteiger charge is -2.15. The standard InChI is InChI=1S/C20H30N4O/c1-5-6-12-23(4)15-20(25)21-13-19-16(2)22-24(17(19)3)14-18-10-8-7-9-11-18/h7-11H,5-6,12-15H2,1-4H3,(H,21,25). The third-order valence-corrected chi connectivity index (χ3v) is 4.48. The van der Waals surface area contributed by atoms with E-state index in [2.05, 4.69) is 41.3 Å². The molecule has 136 valence electrons. The third-order valence-electron chi connectivity index (χ3n) is 4.48. The largest absolute Gasteiger partial charge is 0.351 e. The van der Waals surface area contributed by atoms with Crippen molar-refractivity contribution in [2.24, 2.45) is 0 Å². The van der Waals surface area contributed by atoms with Crippen molar-refractivity contribution in [2.75, 3.05) is 20.1 Å². The van der Waals surface area contributed by atoms with Crippen LogP contribution in [0.5, 0.6) is 0 Å². The summed E-state index contributed by atoms with van der Waals surface area (Å²) in [7, 11) is 1.99. The molecule has 5 heteroatoms. The quantitative estimate of drug-likeness (QED) is 0.762. The summed E-state index contributed by atoms with van der Waals surface area (Å²) in [5, 5.41) is 7.67. The van der Waals surface area contributed by atoms with Crippen LogP contribution in [0.1, 0.15) is 42.3 Å². The molecule has 0 unspecified atom stereocenters. The lowest BCUT2D eigenvalue weighted by atomic mass is 10.2. The lowest BCUT2D eigenvalue weighted by Crippen LogP contribution is -2.35. The molecule has 1 amide bonds. The summed E-state index contributed by atoms with van der Waals surface area (Å²) in [6.45, 7) is 8.91. The molecule has 0 bridgehead atoms. The zero-order chi connectivity index (χ0) is 18.2. The molecule has 0 saturated carbocycles. The average molecular weight is 342 g/mol. The molecular weight excluding hydrogens is 312 g/mol. The van der Waals surface area contributed by atoms with E-state index < -0.39 is 0 Å². The summed E-state index contributed by atoms with van der Waals surface area (Å²) in [4.78, 5) is 14.2. The Morgan fingerprint density at radius 1 is 1.24 bits per heavy atom. The Bertz CT molecular complexity index is 679. The monoisotopic (exact) mass is 342 g/mol. The Balaban J connectivity index is 1.93. The number of rotatable bonds is 9. The van der Waals surface area contributed by atoms with Crippen molar-refractivity contribution in [3.05, 3.63) is 52.8 Å². The molecule has 0 fully saturated rings. The van der Waals surface area contributed by atoms with Gasteiger partial charge in [0.2, 0.25) is 5.91 Å². The first-order chi connectivity index (χ1) is 12.0. The first-order valence-corrected chi connectivity index (χ1v) is 9.03. The molecule has 5 nitrogen and oxygen atoms in total. The second-order valence-corrected chi connectivity index (χ2v) is 6.66. The van der Waals surface area contributed by atoms with Gasteiger partial charge in [-0.05, 0) is 39.4 Å². The van der Waals surface area contributed by atoms with Gasteiger partial charge in [0, 0.05) is 17.8 Å². The summed E-state index contributed by atoms with van der Waals surface area (Å²) < 4.78 is 2.01. The van der Waals surface area contributed by atoms with Crippen LogP contribution >= 0.6 is 0 Å². The highest BCUT2D eigenvalue weighted by Crippen LogP contribution is 2.14. The Morgan fingerprint density at radius 3 is 2.64 bits per heavy atom. The minimum Gasteiger partial charge on any atom is -0.351 e. The van der Waals surface area contributed by atoms with Gasteiger partial charge < -0.3 is 5.32 Å². The van der Waals surface area contributed by atoms with Crippen molar-refractivity contribution < 1.29 is 4.79 Å². The van der Waals surface area contributed by atoms with Crippen LogP contribution in [-0.2, 0) is 17.9 Å². The van der Waals surface area contributed by atoms with Gasteiger partial charge in [-0.2, -0.15) is 5.10 Å². The van der Waals surface area contributed by atoms with E-state index in [4.69, 9.17) is 0 Å². The van der Waals surface area contributed by atoms with E-state index in [0.29, 0.717) is 13.1 Å². The van der Waals surface area contributed by atoms with Gasteiger partial charge in [0.05, 0.1) is 18.8 Å². The maximum Gasteiger partial charge on any atom is 0.234 e. The van der Waals surface area contributed by atoms with Crippen molar-refractivity contribution in [1.29, 1.82) is 0 Å². The van der Waals surface area contributed by atoms with Crippen LogP contribution in [0.25, 0.3) is 0 Å². The van der Waals surface area contributed by atoms with Crippen LogP contribution in [0.4, 0.5) is 0 Å². The molecule has 1 aromatic carbocycles. The molecule has 0 spiro atoms. The number of aryl methyl sites for hydroxylation is 1. The summed E-state index contributed by atoms with van der Waals surface area (Å²) in [6.07, 6.45) is 2.26. The van der Waals surface area contributed by atoms with Gasteiger partial charge in [-0.25, -0.2) is 0 Å². The van der Waals surface area contributed by atoms with Crippen LogP contribution in [-0.4, -0.2) is 40.7 Å². The van der Waals surface area contributed by atoms with Gasteiger partial charge in [-0.1, -0.05) is 43.7 Å². The molecule has 1 N–H and O–H groups in total. The normalized spacial score (nSPS) is 11.1. The molecule has 0 atom stereocenters. The average Bonchev–Trinajstić information content (AvgIpc) is 2.85. The van der Waals surface area contributed by atoms with Crippen LogP contribution < -0.4 is 5.32 Å². The predicted molar refractivity (Wildman–Crippen MR) is 101 cm³/mol. The van der Waals surface area contributed by atoms with E-state index in [-0.39, 0.29) is 5.91 Å². The maximum atomic E-state index is 12.1. The number of aromatic nitrogens is 2. The molecule has 0 aliphatic heterocycles. The Morgan fingerprint density at radius 2 is 1.96 bits per heavy atom. The molecule has 0 saturated heterocycles. The molecule has 0 aliphatic rings. The fourth-order valence-corrected chi connectivity index (χ4v) is 2.90. The van der Waals surface area contributed by atoms with Gasteiger partial charge in [-0.15, -0.1) is 0 Å². The highest BCUT2D eigenvalue weighted by Gasteiger charge is 2.13. The number of hydrogen-bond acceptors (Lipinski definition) is 3. The number of likely N-dealkylation sites (N-methyl/N-ethyl adjacent to an activating group) is 1. The van der Waals surface area contributed by atoms with Crippen molar-refractivity contribution in [2.45, 2.75) is 46.7 Å². The second kappa shape index (κ2) is 9.37. The summed E-state index contributed by atoms with van der Waals surface area (Å²) in [5.74, 6) is 0.0632. The Hall–Kier alpha value is -2.14. The molecule has 1 heterocycles. The van der Waals surface area contributed by atoms with Gasteiger partial charge >= 0.3 is 0 Å². The Kier molecular flexibility index (Phi) is 7.19. The topological polar surface area (TPSA) is 50.2 Å². The van der Waals surface area contributed by atoms with E-state index in [1.807, 2.05) is 36.9 Å². The smallest absolute Gasteiger partial charge is 0.234 e. The second-order valence-electron chi connectivity index (χ2n) is 6.66. The molecule has 0 aliphatic carbocycles. The fraction of sp³-hybridized carbons (Fsp3) is 0.500. The number of unbranched alkanes of at least 4 members (excludes halogenated alkanes) is 1. The van der Waals surface area contributed by atoms with E-state index in [0.717, 1.165) is 42.9 Å². The number of carbonyl (C=O) groups excluding carboxylic acids is 1. The molecule has 0 radical (unpaired) electrons. The van der Waals surface area contributed by atoms with E-state index in [1.165, 1.54) is 5.56 Å². The third kappa shape index (κ3) is 5.71. The minimum absolute atomic E-state index is 0.0632. The van der Waals surface area contributed by atoms with Gasteiger partial charge in [-0.3, -0.25) is 14.4 Å². The zero-order valence-corrected chi connectivity index (χ0v) is 15.9. The summed E-state index contributed by atoms with van der Waals surface area (Å²) in [5.41, 5.74) is 4.43. The number of hydrogen-bond donors (Lipinski definition) is 1. The summed E-state index contributed by atoms with van der Waals surface area (Å²) in [6, 6.07) is 10.3. The molecular formula is C20H30N4O. The van der Waals surface area contributed by atoms with Crippen molar-refractivity contribution >= 4 is 5.91 Å². The number of nitrogens with zero attached hydrogens (tertiary/aromatic N) is 3. The van der Waals surface area contributed by atoms with Gasteiger partial charge in [0.25, 0.3) is 0 Å². The summed E-state index contributed by atoms with van der Waals surface area (Å²) >= 11 is 0. The molecule has 2 aromatic rings. The lowest BCUT2D eigenvalue weighted by molar-refractivity contribution is -0.122. The Labute approximate surface area is 151 Å². The zero-order valence-electron chi connectivity index (χ0n) is 15.9. The molecule has 1 aromatic heterocycles. The van der Waals surface area contributed by atoms with Gasteiger partial charge in [0.15, 0.2) is 0 Å². The number of benzene rings is 1. The van der Waals surface area contributed by atoms with Crippen LogP contribution in [0.3, 0.4) is 0 Å². The van der Waals surface area contributed by atoms with Crippen molar-refractivity contribution in [1.82, 2.24) is 20.0 Å². The van der Waals surface area contributed by atoms with E-state index in [9.17, 15) is 4.79 Å². The number of carbonyl (C=O) groups is 1. The highest BCUT2D eigenvalue weighted by molar-refractivity contribution is 5.78. The first kappa shape index (κ1) is 19.2. The van der Waals surface area contributed by atoms with Gasteiger partial charge in [0.1, 0.15) is 0 Å². The van der Waals surface area contributed by atoms with Crippen molar-refractivity contribution in [3.63, 3.8) is 0 Å². The van der Waals surface area contributed by atoms with Crippen LogP contribution in [0.2, 0.25) is 0 Å². The fourth-order valence-electron chi connectivity index (χ4n) is 2.90. The number of amides is 1. The number of nitrogens with one attached hydrogen (secondary N) is 1. The highest BCUT2D eigenvalue weighted by atomic mass is 16.2. The van der Waals surface area contributed by atoms with Crippen LogP contribution in [0, 0.1) is 13.8 Å². The molecule has 2 rings (SSSR count). The van der Waals surface area contributed by atoms with E-state index >= 15 is 0 Å². The van der Waals surface area contributed by atoms with Crippen molar-refractivity contribution in [3.8, 4) is 0 Å². The van der Waals surface area contributed by atoms with Crippen LogP contribution in [0.15, 0.2) is 30.3 Å². The SMILES string of the molecule is CCCCN(C)CC(=O)NCc1c(C)nn(Cc2ccccc2)c1C. The molecule has 25 heavy (non-hydrogen) atoms. The van der Waals surface area contributed by atoms with E-state index in [1.54, 1.807) is 0 Å². The minimum atomic E-state index is 0.0632. The first-order valence-electron chi connectivity index (χ1n) is 9.03. The predicted octanol–water partition coefficient (Wildman–Crippen LogP) is 2.90. The maximum absolute atomic E-state index is 12.1.